The summed E-state index contributed by atoms with van der Waals surface area (Å²) in [5.41, 5.74) is 2.88. The molecule has 8 nitrogen and oxygen atoms in total. The van der Waals surface area contributed by atoms with E-state index in [2.05, 4.69) is 10.5 Å². The largest absolute Gasteiger partial charge is 0.301 e. The molecule has 0 fully saturated rings. The first kappa shape index (κ1) is 14.6. The van der Waals surface area contributed by atoms with Crippen LogP contribution in [0.3, 0.4) is 0 Å². The van der Waals surface area contributed by atoms with Crippen LogP contribution in [-0.4, -0.2) is 15.6 Å². The fraction of sp³-hybridized carbons (Fsp3) is 0.308. The average Bonchev–Trinajstić information content (AvgIpc) is 2.73. The van der Waals surface area contributed by atoms with E-state index in [1.807, 2.05) is 12.2 Å². The van der Waals surface area contributed by atoms with Crippen LogP contribution in [0.15, 0.2) is 35.5 Å². The van der Waals surface area contributed by atoms with Crippen LogP contribution in [0.2, 0.25) is 0 Å². The maximum atomic E-state index is 11.0. The number of benzene rings is 1. The van der Waals surface area contributed by atoms with Crippen LogP contribution in [0.1, 0.15) is 25.7 Å². The number of hydrogen-bond donors (Lipinski definition) is 1. The number of non-ortho nitro benzene ring substituents is 1. The molecule has 0 unspecified atom stereocenters. The van der Waals surface area contributed by atoms with Crippen LogP contribution in [0, 0.1) is 20.2 Å². The van der Waals surface area contributed by atoms with Gasteiger partial charge in [-0.25, -0.2) is 0 Å². The number of hydrazone groups is 1. The van der Waals surface area contributed by atoms with E-state index >= 15 is 0 Å². The molecule has 1 N–H and O–H groups in total. The Kier molecular flexibility index (Phi) is 4.60. The highest BCUT2D eigenvalue weighted by atomic mass is 16.6. The van der Waals surface area contributed by atoms with Crippen molar-refractivity contribution in [2.24, 2.45) is 5.10 Å². The van der Waals surface area contributed by atoms with Gasteiger partial charge in [-0.05, 0) is 37.8 Å². The summed E-state index contributed by atoms with van der Waals surface area (Å²) in [4.78, 5) is 20.3. The molecule has 2 rings (SSSR count). The summed E-state index contributed by atoms with van der Waals surface area (Å²) >= 11 is 0. The summed E-state index contributed by atoms with van der Waals surface area (Å²) < 4.78 is 0. The van der Waals surface area contributed by atoms with Gasteiger partial charge in [-0.15, -0.1) is 0 Å². The molecule has 0 bridgehead atoms. The number of allylic oxidation sites excluding steroid dienone is 2. The third-order valence-electron chi connectivity index (χ3n) is 3.07. The standard InChI is InChI=1S/C13H14N4O4/c18-16(19)11-7-8-12(13(9-11)17(20)21)15-14-10-5-3-1-2-4-6-10/h3,5,7-9,15H,1-2,4,6H2/b14-10-. The predicted octanol–water partition coefficient (Wildman–Crippen LogP) is 3.40. The van der Waals surface area contributed by atoms with Crippen LogP contribution < -0.4 is 5.43 Å². The van der Waals surface area contributed by atoms with Gasteiger partial charge in [-0.3, -0.25) is 25.7 Å². The number of hydrogen-bond acceptors (Lipinski definition) is 6. The lowest BCUT2D eigenvalue weighted by molar-refractivity contribution is -0.393. The van der Waals surface area contributed by atoms with Gasteiger partial charge < -0.3 is 0 Å². The van der Waals surface area contributed by atoms with Crippen LogP contribution in [0.4, 0.5) is 17.1 Å². The summed E-state index contributed by atoms with van der Waals surface area (Å²) in [6, 6.07) is 3.42. The minimum absolute atomic E-state index is 0.135. The van der Waals surface area contributed by atoms with Crippen LogP contribution in [0.25, 0.3) is 0 Å². The van der Waals surface area contributed by atoms with Crippen molar-refractivity contribution in [3.63, 3.8) is 0 Å². The molecule has 0 radical (unpaired) electrons. The van der Waals surface area contributed by atoms with E-state index in [1.165, 1.54) is 12.1 Å². The second kappa shape index (κ2) is 6.60. The highest BCUT2D eigenvalue weighted by Gasteiger charge is 2.19. The number of nitrogens with one attached hydrogen (secondary N) is 1. The Hall–Kier alpha value is -2.77. The van der Waals surface area contributed by atoms with Crippen molar-refractivity contribution in [3.05, 3.63) is 50.6 Å². The Bertz CT molecular complexity index is 625. The quantitative estimate of drug-likeness (QED) is 0.674. The van der Waals surface area contributed by atoms with Crippen molar-refractivity contribution in [1.82, 2.24) is 0 Å². The number of nitro groups is 2. The lowest BCUT2D eigenvalue weighted by atomic mass is 10.2. The van der Waals surface area contributed by atoms with Crippen molar-refractivity contribution in [2.45, 2.75) is 25.7 Å². The SMILES string of the molecule is O=[N+]([O-])c1ccc(N/N=C2/C=CCCCC2)c([N+](=O)[O-])c1. The number of nitro benzene ring substituents is 2. The van der Waals surface area contributed by atoms with E-state index in [-0.39, 0.29) is 17.1 Å². The van der Waals surface area contributed by atoms with Gasteiger partial charge >= 0.3 is 5.69 Å². The first-order valence-corrected chi connectivity index (χ1v) is 6.50. The van der Waals surface area contributed by atoms with Gasteiger partial charge in [0, 0.05) is 6.07 Å². The molecule has 0 saturated heterocycles. The van der Waals surface area contributed by atoms with Gasteiger partial charge in [-0.1, -0.05) is 6.08 Å². The van der Waals surface area contributed by atoms with Gasteiger partial charge in [0.25, 0.3) is 5.69 Å². The van der Waals surface area contributed by atoms with Gasteiger partial charge in [0.1, 0.15) is 5.69 Å². The molecular weight excluding hydrogens is 276 g/mol. The second-order valence-corrected chi connectivity index (χ2v) is 4.58. The fourth-order valence-electron chi connectivity index (χ4n) is 1.98. The van der Waals surface area contributed by atoms with Gasteiger partial charge in [0.2, 0.25) is 0 Å². The molecule has 0 amide bonds. The summed E-state index contributed by atoms with van der Waals surface area (Å²) in [6.07, 6.45) is 7.79. The summed E-state index contributed by atoms with van der Waals surface area (Å²) in [5, 5.41) is 25.8. The predicted molar refractivity (Wildman–Crippen MR) is 78.4 cm³/mol. The molecule has 0 aromatic heterocycles. The maximum Gasteiger partial charge on any atom is 0.301 e. The van der Waals surface area contributed by atoms with Gasteiger partial charge in [0.05, 0.1) is 21.6 Å². The molecule has 8 heteroatoms. The summed E-state index contributed by atoms with van der Waals surface area (Å²) in [7, 11) is 0. The van der Waals surface area contributed by atoms with E-state index in [1.54, 1.807) is 0 Å². The molecule has 1 aliphatic carbocycles. The van der Waals surface area contributed by atoms with Crippen LogP contribution in [-0.2, 0) is 0 Å². The van der Waals surface area contributed by atoms with Crippen LogP contribution >= 0.6 is 0 Å². The molecule has 1 aromatic rings. The van der Waals surface area contributed by atoms with Gasteiger partial charge in [0.15, 0.2) is 0 Å². The molecule has 1 aliphatic rings. The normalized spacial score (nSPS) is 16.5. The monoisotopic (exact) mass is 290 g/mol. The highest BCUT2D eigenvalue weighted by molar-refractivity contribution is 5.95. The van der Waals surface area contributed by atoms with Crippen molar-refractivity contribution in [3.8, 4) is 0 Å². The second-order valence-electron chi connectivity index (χ2n) is 4.58. The van der Waals surface area contributed by atoms with Gasteiger partial charge in [-0.2, -0.15) is 5.10 Å². The lowest BCUT2D eigenvalue weighted by Gasteiger charge is -2.04. The smallest absolute Gasteiger partial charge is 0.271 e. The third kappa shape index (κ3) is 3.85. The molecule has 1 aromatic carbocycles. The molecule has 110 valence electrons. The Morgan fingerprint density at radius 2 is 1.95 bits per heavy atom. The fourth-order valence-corrected chi connectivity index (χ4v) is 1.98. The zero-order valence-corrected chi connectivity index (χ0v) is 11.2. The molecular formula is C13H14N4O4. The first-order valence-electron chi connectivity index (χ1n) is 6.50. The van der Waals surface area contributed by atoms with Crippen molar-refractivity contribution >= 4 is 22.8 Å². The zero-order chi connectivity index (χ0) is 15.2. The Morgan fingerprint density at radius 3 is 2.67 bits per heavy atom. The van der Waals surface area contributed by atoms with E-state index in [9.17, 15) is 20.2 Å². The molecule has 0 atom stereocenters. The minimum atomic E-state index is -0.670. The maximum absolute atomic E-state index is 11.0. The topological polar surface area (TPSA) is 111 Å². The average molecular weight is 290 g/mol. The number of rotatable bonds is 4. The minimum Gasteiger partial charge on any atom is -0.271 e. The zero-order valence-electron chi connectivity index (χ0n) is 11.2. The highest BCUT2D eigenvalue weighted by Crippen LogP contribution is 2.29. The Balaban J connectivity index is 2.24. The van der Waals surface area contributed by atoms with Crippen molar-refractivity contribution in [2.75, 3.05) is 5.43 Å². The third-order valence-corrected chi connectivity index (χ3v) is 3.07. The summed E-state index contributed by atoms with van der Waals surface area (Å²) in [5.74, 6) is 0. The molecule has 0 heterocycles. The molecule has 21 heavy (non-hydrogen) atoms. The molecule has 0 saturated carbocycles. The van der Waals surface area contributed by atoms with E-state index < -0.39 is 9.85 Å². The van der Waals surface area contributed by atoms with Crippen LogP contribution in [0.5, 0.6) is 0 Å². The Morgan fingerprint density at radius 1 is 1.14 bits per heavy atom. The van der Waals surface area contributed by atoms with E-state index in [0.29, 0.717) is 0 Å². The summed E-state index contributed by atoms with van der Waals surface area (Å²) in [6.45, 7) is 0. The van der Waals surface area contributed by atoms with E-state index in [0.717, 1.165) is 37.5 Å². The molecule has 0 spiro atoms. The molecule has 0 aliphatic heterocycles. The van der Waals surface area contributed by atoms with Crippen molar-refractivity contribution in [1.29, 1.82) is 0 Å². The lowest BCUT2D eigenvalue weighted by Crippen LogP contribution is -2.01. The number of nitrogens with zero attached hydrogens (tertiary/aromatic N) is 3. The van der Waals surface area contributed by atoms with Crippen molar-refractivity contribution < 1.29 is 9.85 Å². The Labute approximate surface area is 120 Å². The number of anilines is 1. The first-order chi connectivity index (χ1) is 10.1. The van der Waals surface area contributed by atoms with E-state index in [4.69, 9.17) is 0 Å².